The van der Waals surface area contributed by atoms with Crippen LogP contribution in [-0.2, 0) is 27.1 Å². The Morgan fingerprint density at radius 2 is 1.04 bits per heavy atom. The van der Waals surface area contributed by atoms with Crippen LogP contribution in [0, 0.1) is 13.2 Å². The van der Waals surface area contributed by atoms with E-state index in [0.717, 1.165) is 28.0 Å². The Balaban J connectivity index is 1.12. The molecule has 6 heteroatoms. The highest BCUT2D eigenvalue weighted by Gasteiger charge is 2.42. The molecule has 0 N–H and O–H groups in total. The molecule has 0 aliphatic heterocycles. The lowest BCUT2D eigenvalue weighted by Gasteiger charge is -2.42. The van der Waals surface area contributed by atoms with Crippen LogP contribution in [0.4, 0.5) is 0 Å². The number of imidazole rings is 1. The SMILES string of the molecule is [2H]c1c([2H])c([2H])c(-c2cnc(-n3c4ccccc4c4ccc(Oc5cccc(-n6[c-][n+](-c7c(-c8c([2H])c([2H])c9c(c8[2H])C(C([2H])([2H])[2H])(C([2H])([2H])[2H])C([2H])([2H])C([2H])([2H])C9(C([2H])([2H])[2H])C([2H])([2H])[2H])cc(C(C)(C)C)cc7-c7c([2H])c([2H])c([2H])c([Si](c8c([2H])c([2H])c([2H])c([2H])c8[2H])(c8c([2H])c([2H])c([2H])c([2H])c8[2H])c8c([2H])c([2H])c([2H])c([2H])c8[2H])c7[2H])c7ccc(-c8cc(C(C)(C)C)cc(C(C)(C)C)c8)cc76)c5)cc43)cc2C([2H])([2H])[2H])c([2H])c1[2H]. The molecule has 16 rings (SSSR count). The zero-order chi connectivity index (χ0) is 113. The summed E-state index contributed by atoms with van der Waals surface area (Å²) in [6.07, 6.45) is -5.36. The van der Waals surface area contributed by atoms with E-state index in [2.05, 4.69) is 6.33 Å². The highest BCUT2D eigenvalue weighted by atomic mass is 28.3. The summed E-state index contributed by atoms with van der Waals surface area (Å²) in [6, 6.07) is -2.46. The highest BCUT2D eigenvalue weighted by molar-refractivity contribution is 7.20. The third kappa shape index (κ3) is 12.4. The van der Waals surface area contributed by atoms with Crippen LogP contribution in [0.25, 0.3) is 94.5 Å². The first-order valence-corrected chi connectivity index (χ1v) is 35.5. The van der Waals surface area contributed by atoms with Gasteiger partial charge in [0.1, 0.15) is 17.3 Å². The summed E-state index contributed by atoms with van der Waals surface area (Å²) in [7, 11) is -6.88. The minimum absolute atomic E-state index is 0.00358. The smallest absolute Gasteiger partial charge is 0.269 e. The normalized spacial score (nSPS) is 21.7. The first-order valence-electron chi connectivity index (χ1n) is 56.5. The largest absolute Gasteiger partial charge is 0.458 e. The molecule has 5 nitrogen and oxygen atoms in total. The van der Waals surface area contributed by atoms with Crippen molar-refractivity contribution in [3.05, 3.63) is 330 Å². The molecule has 105 heavy (non-hydrogen) atoms. The van der Waals surface area contributed by atoms with Gasteiger partial charge >= 0.3 is 0 Å². The number of ether oxygens (including phenoxy) is 1. The molecular formula is C99H94N4OSi. The van der Waals surface area contributed by atoms with Crippen LogP contribution < -0.4 is 30.1 Å². The number of hydrogen-bond donors (Lipinski definition) is 0. The fraction of sp³-hybridized carbons (Fsp3) is 0.212. The Bertz CT molecular complexity index is 8020. The summed E-state index contributed by atoms with van der Waals surface area (Å²) in [5.41, 5.74) is -19.2. The van der Waals surface area contributed by atoms with E-state index < -0.39 is 316 Å². The maximum absolute atomic E-state index is 11.5. The standard InChI is InChI=1S/C99H94N4OSi/c1-66-53-93(100-64-86(66)67-31-19-15-20-32-67)103-89-44-28-27-43-82(89)83-48-47-77(63-91(83)103)104-76-35-30-34-75(62-76)101-65-102(90-50-46-68(58-92(90)101)71-54-72(95(2,3)4)59-73(55-71)96(5,6)7)94-84(60-74(97(8,9)10)61-85(94)70-45-49-87-88(57-70)99(13,14)52-51-98(87,11)12)69-33-29-42-81(56-69)105(78-36-21-16-22-37-78,79-38-23-17-24-39-79)80-40-25-18-26-41-80/h15-50,53-64H,51-52H2,1-14H3/i1D3,11D3,12D3,13D3,14D3,15D,16D,17D,18D,19D,20D,21D,22D,23D,24D,25D,26D,29D,31D,32D,33D,36D,37D,38D,39D,40D,41D,42D,45D,49D,51D2,52D2,56D,57D. The van der Waals surface area contributed by atoms with Crippen molar-refractivity contribution < 1.29 is 72.4 Å². The fourth-order valence-electron chi connectivity index (χ4n) is 13.4. The van der Waals surface area contributed by atoms with Gasteiger partial charge in [-0.15, -0.1) is 0 Å². The second-order valence-corrected chi connectivity index (χ2v) is 32.4. The van der Waals surface area contributed by atoms with Crippen molar-refractivity contribution in [1.82, 2.24) is 14.1 Å². The minimum atomic E-state index is -6.88. The van der Waals surface area contributed by atoms with Crippen LogP contribution >= 0.6 is 0 Å². The number of hydrogen-bond acceptors (Lipinski definition) is 2. The predicted octanol–water partition coefficient (Wildman–Crippen LogP) is 22.6. The Kier molecular flexibility index (Phi) is 8.41. The second kappa shape index (κ2) is 26.0. The quantitative estimate of drug-likeness (QED) is 0.0499. The van der Waals surface area contributed by atoms with Gasteiger partial charge in [-0.2, -0.15) is 0 Å². The number of benzene rings is 12. The molecule has 0 bridgehead atoms. The molecule has 0 radical (unpaired) electrons. The van der Waals surface area contributed by atoms with E-state index in [0.29, 0.717) is 32.9 Å². The Labute approximate surface area is 686 Å². The van der Waals surface area contributed by atoms with Crippen molar-refractivity contribution in [2.45, 2.75) is 136 Å². The maximum Gasteiger partial charge on any atom is 0.269 e. The van der Waals surface area contributed by atoms with Crippen molar-refractivity contribution in [2.24, 2.45) is 0 Å². The van der Waals surface area contributed by atoms with E-state index in [1.54, 1.807) is 59.2 Å². The van der Waals surface area contributed by atoms with E-state index in [4.69, 9.17) is 24.8 Å². The Hall–Kier alpha value is -10.9. The molecule has 0 saturated heterocycles. The van der Waals surface area contributed by atoms with Crippen molar-refractivity contribution in [2.75, 3.05) is 0 Å². The molecule has 0 saturated carbocycles. The van der Waals surface area contributed by atoms with Gasteiger partial charge in [-0.3, -0.25) is 13.7 Å². The number of fused-ring (bicyclic) bond motifs is 5. The van der Waals surface area contributed by atoms with Gasteiger partial charge in [0.2, 0.25) is 0 Å². The molecule has 0 spiro atoms. The molecule has 1 aliphatic carbocycles. The van der Waals surface area contributed by atoms with Gasteiger partial charge in [-0.25, -0.2) is 4.98 Å². The Morgan fingerprint density at radius 3 is 1.67 bits per heavy atom. The average molecular weight is 1430 g/mol. The minimum Gasteiger partial charge on any atom is -0.458 e. The zero-order valence-electron chi connectivity index (χ0n) is 104. The molecular weight excluding hydrogens is 1290 g/mol. The topological polar surface area (TPSA) is 35.9 Å². The summed E-state index contributed by atoms with van der Waals surface area (Å²) in [5, 5.41) is -4.04. The van der Waals surface area contributed by atoms with E-state index in [9.17, 15) is 48.0 Å². The first-order chi connectivity index (χ1) is 69.3. The van der Waals surface area contributed by atoms with Crippen molar-refractivity contribution in [3.63, 3.8) is 0 Å². The highest BCUT2D eigenvalue weighted by Crippen LogP contribution is 2.49. The van der Waals surface area contributed by atoms with Crippen LogP contribution in [0.1, 0.15) is 199 Å². The lowest BCUT2D eigenvalue weighted by Crippen LogP contribution is -2.74. The van der Waals surface area contributed by atoms with Gasteiger partial charge < -0.3 is 4.74 Å². The lowest BCUT2D eigenvalue weighted by atomic mass is 9.63. The van der Waals surface area contributed by atoms with Crippen LogP contribution in [0.15, 0.2) is 291 Å². The molecule has 0 amide bonds. The first kappa shape index (κ1) is 33.9. The van der Waals surface area contributed by atoms with Gasteiger partial charge in [-0.1, -0.05) is 320 Å². The molecule has 1 aliphatic rings. The molecule has 0 fully saturated rings. The van der Waals surface area contributed by atoms with E-state index in [1.165, 1.54) is 67.8 Å². The number of rotatable bonds is 13. The summed E-state index contributed by atoms with van der Waals surface area (Å²) in [5.74, 6) is 0.0290. The summed E-state index contributed by atoms with van der Waals surface area (Å²) in [4.78, 5) is 4.72. The number of aromatic nitrogens is 4. The Morgan fingerprint density at radius 1 is 0.467 bits per heavy atom. The summed E-state index contributed by atoms with van der Waals surface area (Å²) < 4.78 is 452. The van der Waals surface area contributed by atoms with Gasteiger partial charge in [0.05, 0.1) is 70.5 Å². The van der Waals surface area contributed by atoms with Crippen LogP contribution in [0.3, 0.4) is 0 Å². The summed E-state index contributed by atoms with van der Waals surface area (Å²) >= 11 is 0. The van der Waals surface area contributed by atoms with E-state index >= 15 is 0 Å². The third-order valence-corrected chi connectivity index (χ3v) is 22.9. The van der Waals surface area contributed by atoms with E-state index in [-0.39, 0.29) is 45.2 Å². The molecule has 0 unspecified atom stereocenters. The van der Waals surface area contributed by atoms with Gasteiger partial charge in [0, 0.05) is 54.6 Å². The van der Waals surface area contributed by atoms with Crippen molar-refractivity contribution >= 4 is 61.7 Å². The van der Waals surface area contributed by atoms with Crippen molar-refractivity contribution in [3.8, 4) is 73.2 Å². The predicted molar refractivity (Wildman–Crippen MR) is 444 cm³/mol. The monoisotopic (exact) mass is 1430 g/mol. The number of pyridine rings is 1. The van der Waals surface area contributed by atoms with E-state index in [1.807, 2.05) is 59.7 Å². The van der Waals surface area contributed by atoms with Gasteiger partial charge in [0.15, 0.2) is 8.07 Å². The van der Waals surface area contributed by atoms with Gasteiger partial charge in [-0.05, 0) is 188 Å². The average Bonchev–Trinajstić information content (AvgIpc) is 1.03. The number of para-hydroxylation sites is 1. The molecule has 15 aromatic rings. The number of aryl methyl sites for hydroxylation is 1. The van der Waals surface area contributed by atoms with Gasteiger partial charge in [0.25, 0.3) is 6.33 Å². The maximum atomic E-state index is 11.5. The van der Waals surface area contributed by atoms with Crippen LogP contribution in [0.5, 0.6) is 11.5 Å². The van der Waals surface area contributed by atoms with Crippen molar-refractivity contribution in [1.29, 1.82) is 0 Å². The molecule has 3 aromatic heterocycles. The van der Waals surface area contributed by atoms with Crippen LogP contribution in [-0.4, -0.2) is 22.2 Å². The fourth-order valence-corrected chi connectivity index (χ4v) is 16.9. The second-order valence-electron chi connectivity index (χ2n) is 28.9. The summed E-state index contributed by atoms with van der Waals surface area (Å²) in [6.45, 7) is -5.14. The zero-order valence-corrected chi connectivity index (χ0v) is 59.3. The van der Waals surface area contributed by atoms with Crippen LogP contribution in [0.2, 0.25) is 0 Å². The molecule has 520 valence electrons. The molecule has 12 aromatic carbocycles. The molecule has 0 atom stereocenters. The molecule has 3 heterocycles. The lowest BCUT2D eigenvalue weighted by molar-refractivity contribution is -0.571. The third-order valence-electron chi connectivity index (χ3n) is 18.9. The number of nitrogens with zero attached hydrogens (tertiary/aromatic N) is 4.